The molecule has 0 aliphatic heterocycles. The van der Waals surface area contributed by atoms with Crippen LogP contribution in [0.15, 0.2) is 35.2 Å². The van der Waals surface area contributed by atoms with Crippen molar-refractivity contribution in [2.24, 2.45) is 5.73 Å². The van der Waals surface area contributed by atoms with Crippen molar-refractivity contribution in [3.05, 3.63) is 36.2 Å². The molecule has 3 N–H and O–H groups in total. The number of aliphatic hydroxyl groups excluding tert-OH is 1. The number of aromatic nitrogens is 2. The first-order valence-corrected chi connectivity index (χ1v) is 5.08. The highest BCUT2D eigenvalue weighted by atomic mass is 19.1. The maximum absolute atomic E-state index is 12.3. The van der Waals surface area contributed by atoms with Gasteiger partial charge in [-0.15, -0.1) is 0 Å². The van der Waals surface area contributed by atoms with Crippen LogP contribution in [-0.4, -0.2) is 28.0 Å². The lowest BCUT2D eigenvalue weighted by Crippen LogP contribution is -2.30. The second kappa shape index (κ2) is 5.03. The predicted octanol–water partition coefficient (Wildman–Crippen LogP) is 1.07. The number of benzene rings is 1. The highest BCUT2D eigenvalue weighted by molar-refractivity contribution is 5.54. The van der Waals surface area contributed by atoms with Crippen molar-refractivity contribution in [2.75, 3.05) is 6.67 Å². The van der Waals surface area contributed by atoms with Gasteiger partial charge in [0.05, 0.1) is 12.1 Å². The average Bonchev–Trinajstić information content (AvgIpc) is 2.91. The predicted molar refractivity (Wildman–Crippen MR) is 58.6 cm³/mol. The van der Waals surface area contributed by atoms with Gasteiger partial charge < -0.3 is 15.4 Å². The van der Waals surface area contributed by atoms with Crippen molar-refractivity contribution < 1.29 is 14.0 Å². The zero-order valence-corrected chi connectivity index (χ0v) is 8.95. The fourth-order valence-electron chi connectivity index (χ4n) is 1.46. The first-order chi connectivity index (χ1) is 8.22. The number of aliphatic hydroxyl groups is 1. The highest BCUT2D eigenvalue weighted by Gasteiger charge is 2.16. The lowest BCUT2D eigenvalue weighted by Gasteiger charge is -2.15. The van der Waals surface area contributed by atoms with Gasteiger partial charge in [-0.25, -0.2) is 4.39 Å². The number of nitrogens with two attached hydrogens (primary N) is 1. The Bertz CT molecular complexity index is 458. The molecule has 0 radical (unpaired) electrons. The maximum Gasteiger partial charge on any atom is 0.214 e. The van der Waals surface area contributed by atoms with Crippen LogP contribution in [0.4, 0.5) is 4.39 Å². The van der Waals surface area contributed by atoms with Crippen LogP contribution in [0.3, 0.4) is 0 Å². The number of halogens is 1. The maximum atomic E-state index is 12.3. The van der Waals surface area contributed by atoms with Crippen molar-refractivity contribution in [3.8, 4) is 11.4 Å². The van der Waals surface area contributed by atoms with Crippen LogP contribution in [0.5, 0.6) is 0 Å². The molecule has 0 fully saturated rings. The first-order valence-electron chi connectivity index (χ1n) is 5.08. The van der Waals surface area contributed by atoms with Gasteiger partial charge >= 0.3 is 0 Å². The van der Waals surface area contributed by atoms with E-state index in [-0.39, 0.29) is 0 Å². The lowest BCUT2D eigenvalue weighted by molar-refractivity contribution is 0.132. The Balaban J connectivity index is 2.18. The molecule has 6 heteroatoms. The molecule has 1 aromatic heterocycles. The summed E-state index contributed by atoms with van der Waals surface area (Å²) in [5, 5.41) is 13.4. The number of hydrogen-bond acceptors (Lipinski definition) is 5. The fraction of sp³-hybridized carbons (Fsp3) is 0.273. The number of nitrogens with zero attached hydrogens (tertiary/aromatic N) is 2. The monoisotopic (exact) mass is 237 g/mol. The molecule has 0 spiro atoms. The zero-order valence-electron chi connectivity index (χ0n) is 8.95. The average molecular weight is 237 g/mol. The largest absolute Gasteiger partial charge is 0.387 e. The van der Waals surface area contributed by atoms with E-state index in [0.29, 0.717) is 11.4 Å². The van der Waals surface area contributed by atoms with E-state index < -0.39 is 18.8 Å². The standard InChI is InChI=1S/C11H12FN3O2/c12-5-9(13)10(16)7-1-3-8(4-2-7)11-14-6-17-15-11/h1-4,6,9-10,16H,5,13H2. The van der Waals surface area contributed by atoms with Crippen LogP contribution in [-0.2, 0) is 0 Å². The van der Waals surface area contributed by atoms with Crippen molar-refractivity contribution in [1.82, 2.24) is 10.1 Å². The van der Waals surface area contributed by atoms with Gasteiger partial charge in [0.2, 0.25) is 12.2 Å². The van der Waals surface area contributed by atoms with E-state index in [1.807, 2.05) is 0 Å². The molecule has 5 nitrogen and oxygen atoms in total. The van der Waals surface area contributed by atoms with E-state index in [9.17, 15) is 9.50 Å². The smallest absolute Gasteiger partial charge is 0.214 e. The molecule has 2 unspecified atom stereocenters. The summed E-state index contributed by atoms with van der Waals surface area (Å²) in [5.74, 6) is 0.459. The second-order valence-electron chi connectivity index (χ2n) is 3.64. The van der Waals surface area contributed by atoms with Gasteiger partial charge in [-0.1, -0.05) is 29.4 Å². The molecule has 0 aliphatic carbocycles. The summed E-state index contributed by atoms with van der Waals surface area (Å²) in [6, 6.07) is 5.84. The van der Waals surface area contributed by atoms with E-state index in [4.69, 9.17) is 5.73 Å². The molecule has 2 atom stereocenters. The van der Waals surface area contributed by atoms with Crippen LogP contribution >= 0.6 is 0 Å². The number of rotatable bonds is 4. The Morgan fingerprint density at radius 3 is 2.59 bits per heavy atom. The van der Waals surface area contributed by atoms with Crippen LogP contribution in [0.25, 0.3) is 11.4 Å². The Morgan fingerprint density at radius 1 is 1.35 bits per heavy atom. The van der Waals surface area contributed by atoms with E-state index in [2.05, 4.69) is 14.7 Å². The molecular weight excluding hydrogens is 225 g/mol. The molecule has 90 valence electrons. The Kier molecular flexibility index (Phi) is 3.46. The summed E-state index contributed by atoms with van der Waals surface area (Å²) in [4.78, 5) is 3.89. The third-order valence-electron chi connectivity index (χ3n) is 2.46. The Labute approximate surface area is 97.1 Å². The number of hydrogen-bond donors (Lipinski definition) is 2. The molecule has 0 aliphatic rings. The third kappa shape index (κ3) is 2.48. The summed E-state index contributed by atoms with van der Waals surface area (Å²) < 4.78 is 16.9. The minimum atomic E-state index is -1.01. The van der Waals surface area contributed by atoms with Gasteiger partial charge in [0, 0.05) is 5.56 Å². The summed E-state index contributed by atoms with van der Waals surface area (Å²) >= 11 is 0. The van der Waals surface area contributed by atoms with Crippen molar-refractivity contribution in [3.63, 3.8) is 0 Å². The summed E-state index contributed by atoms with van der Waals surface area (Å²) in [6.45, 7) is -0.770. The number of alkyl halides is 1. The van der Waals surface area contributed by atoms with Gasteiger partial charge in [0.15, 0.2) is 0 Å². The highest BCUT2D eigenvalue weighted by Crippen LogP contribution is 2.20. The summed E-state index contributed by atoms with van der Waals surface area (Å²) in [6.07, 6.45) is 0.219. The first kappa shape index (κ1) is 11.7. The third-order valence-corrected chi connectivity index (χ3v) is 2.46. The topological polar surface area (TPSA) is 85.2 Å². The quantitative estimate of drug-likeness (QED) is 0.830. The molecule has 17 heavy (non-hydrogen) atoms. The van der Waals surface area contributed by atoms with E-state index in [1.165, 1.54) is 6.39 Å². The summed E-state index contributed by atoms with van der Waals surface area (Å²) in [5.41, 5.74) is 6.73. The van der Waals surface area contributed by atoms with Gasteiger partial charge in [-0.05, 0) is 5.56 Å². The molecular formula is C11H12FN3O2. The molecule has 0 bridgehead atoms. The van der Waals surface area contributed by atoms with Gasteiger partial charge in [0.1, 0.15) is 6.67 Å². The van der Waals surface area contributed by atoms with Crippen LogP contribution in [0, 0.1) is 0 Å². The minimum absolute atomic E-state index is 0.459. The van der Waals surface area contributed by atoms with Gasteiger partial charge in [-0.2, -0.15) is 4.98 Å². The van der Waals surface area contributed by atoms with Crippen LogP contribution in [0.1, 0.15) is 11.7 Å². The SMILES string of the molecule is NC(CF)C(O)c1ccc(-c2ncon2)cc1. The van der Waals surface area contributed by atoms with Gasteiger partial charge in [-0.3, -0.25) is 0 Å². The minimum Gasteiger partial charge on any atom is -0.387 e. The Hall–Kier alpha value is -1.79. The normalized spacial score (nSPS) is 14.5. The molecule has 1 heterocycles. The van der Waals surface area contributed by atoms with E-state index in [1.54, 1.807) is 24.3 Å². The van der Waals surface area contributed by atoms with Crippen molar-refractivity contribution >= 4 is 0 Å². The Morgan fingerprint density at radius 2 is 2.06 bits per heavy atom. The van der Waals surface area contributed by atoms with E-state index >= 15 is 0 Å². The molecule has 2 rings (SSSR count). The fourth-order valence-corrected chi connectivity index (χ4v) is 1.46. The zero-order chi connectivity index (χ0) is 12.3. The molecule has 2 aromatic rings. The van der Waals surface area contributed by atoms with Crippen LogP contribution in [0.2, 0.25) is 0 Å². The molecule has 0 saturated heterocycles. The lowest BCUT2D eigenvalue weighted by atomic mass is 10.0. The van der Waals surface area contributed by atoms with Gasteiger partial charge in [0.25, 0.3) is 0 Å². The van der Waals surface area contributed by atoms with Crippen molar-refractivity contribution in [2.45, 2.75) is 12.1 Å². The van der Waals surface area contributed by atoms with Crippen molar-refractivity contribution in [1.29, 1.82) is 0 Å². The second-order valence-corrected chi connectivity index (χ2v) is 3.64. The summed E-state index contributed by atoms with van der Waals surface area (Å²) in [7, 11) is 0. The molecule has 0 amide bonds. The molecule has 0 saturated carbocycles. The van der Waals surface area contributed by atoms with E-state index in [0.717, 1.165) is 5.56 Å². The van der Waals surface area contributed by atoms with Crippen LogP contribution < -0.4 is 5.73 Å². The molecule has 1 aromatic carbocycles.